The van der Waals surface area contributed by atoms with Crippen LogP contribution in [0.4, 0.5) is 5.13 Å². The van der Waals surface area contributed by atoms with E-state index in [9.17, 15) is 4.79 Å². The summed E-state index contributed by atoms with van der Waals surface area (Å²) in [6.45, 7) is 2.80. The van der Waals surface area contributed by atoms with Gasteiger partial charge in [0.25, 0.3) is 5.91 Å². The Morgan fingerprint density at radius 2 is 1.83 bits per heavy atom. The van der Waals surface area contributed by atoms with E-state index in [1.165, 1.54) is 11.3 Å². The summed E-state index contributed by atoms with van der Waals surface area (Å²) in [5.74, 6) is 1.91. The minimum absolute atomic E-state index is 0.215. The molecule has 0 atom stereocenters. The van der Waals surface area contributed by atoms with E-state index in [1.54, 1.807) is 44.6 Å². The van der Waals surface area contributed by atoms with Crippen LogP contribution in [0, 0.1) is 0 Å². The second kappa shape index (κ2) is 9.93. The van der Waals surface area contributed by atoms with Crippen LogP contribution in [0.25, 0.3) is 11.3 Å². The number of ether oxygens (including phenoxy) is 3. The van der Waals surface area contributed by atoms with Crippen LogP contribution in [-0.4, -0.2) is 31.7 Å². The molecule has 0 aliphatic carbocycles. The maximum absolute atomic E-state index is 12.5. The van der Waals surface area contributed by atoms with E-state index >= 15 is 0 Å². The van der Waals surface area contributed by atoms with Crippen LogP contribution in [0.1, 0.15) is 30.1 Å². The molecule has 6 nitrogen and oxygen atoms in total. The van der Waals surface area contributed by atoms with E-state index in [4.69, 9.17) is 14.2 Å². The van der Waals surface area contributed by atoms with Crippen molar-refractivity contribution in [3.05, 3.63) is 53.4 Å². The Morgan fingerprint density at radius 3 is 2.52 bits per heavy atom. The first kappa shape index (κ1) is 20.7. The lowest BCUT2D eigenvalue weighted by Gasteiger charge is -2.08. The van der Waals surface area contributed by atoms with Crippen LogP contribution in [0.15, 0.2) is 47.8 Å². The zero-order valence-corrected chi connectivity index (χ0v) is 17.5. The number of unbranched alkanes of at least 4 members (excludes halogenated alkanes) is 1. The van der Waals surface area contributed by atoms with Gasteiger partial charge in [0.2, 0.25) is 0 Å². The molecule has 1 heterocycles. The highest BCUT2D eigenvalue weighted by Crippen LogP contribution is 2.34. The minimum atomic E-state index is -0.215. The number of nitrogens with zero attached hydrogens (tertiary/aromatic N) is 1. The first-order valence-corrected chi connectivity index (χ1v) is 10.2. The van der Waals surface area contributed by atoms with Crippen LogP contribution in [0.3, 0.4) is 0 Å². The highest BCUT2D eigenvalue weighted by Gasteiger charge is 2.13. The molecule has 0 bridgehead atoms. The van der Waals surface area contributed by atoms with Crippen LogP contribution >= 0.6 is 11.3 Å². The number of anilines is 1. The molecule has 29 heavy (non-hydrogen) atoms. The van der Waals surface area contributed by atoms with Gasteiger partial charge in [-0.3, -0.25) is 10.1 Å². The quantitative estimate of drug-likeness (QED) is 0.486. The van der Waals surface area contributed by atoms with Gasteiger partial charge in [0, 0.05) is 22.6 Å². The fourth-order valence-electron chi connectivity index (χ4n) is 2.67. The second-order valence-corrected chi connectivity index (χ2v) is 7.14. The fourth-order valence-corrected chi connectivity index (χ4v) is 3.38. The van der Waals surface area contributed by atoms with Gasteiger partial charge in [-0.15, -0.1) is 11.3 Å². The third-order valence-corrected chi connectivity index (χ3v) is 5.05. The highest BCUT2D eigenvalue weighted by atomic mass is 32.1. The average molecular weight is 413 g/mol. The van der Waals surface area contributed by atoms with Gasteiger partial charge in [-0.25, -0.2) is 4.98 Å². The Hall–Kier alpha value is -3.06. The fraction of sp³-hybridized carbons (Fsp3) is 0.273. The number of thiazole rings is 1. The lowest BCUT2D eigenvalue weighted by molar-refractivity contribution is 0.102. The van der Waals surface area contributed by atoms with Gasteiger partial charge >= 0.3 is 0 Å². The third-order valence-electron chi connectivity index (χ3n) is 4.29. The van der Waals surface area contributed by atoms with Gasteiger partial charge in [0.05, 0.1) is 26.5 Å². The number of aromatic nitrogens is 1. The topological polar surface area (TPSA) is 69.7 Å². The molecule has 3 rings (SSSR count). The zero-order chi connectivity index (χ0) is 20.6. The molecule has 1 aromatic heterocycles. The number of hydrogen-bond donors (Lipinski definition) is 1. The van der Waals surface area contributed by atoms with Crippen molar-refractivity contribution in [1.29, 1.82) is 0 Å². The molecule has 0 saturated carbocycles. The molecule has 0 aliphatic heterocycles. The molecule has 0 aliphatic rings. The van der Waals surface area contributed by atoms with Gasteiger partial charge in [-0.2, -0.15) is 0 Å². The molecule has 152 valence electrons. The number of amides is 1. The average Bonchev–Trinajstić information content (AvgIpc) is 3.22. The molecule has 0 saturated heterocycles. The van der Waals surface area contributed by atoms with E-state index in [-0.39, 0.29) is 5.91 Å². The molecule has 7 heteroatoms. The van der Waals surface area contributed by atoms with Gasteiger partial charge in [-0.05, 0) is 42.8 Å². The Kier molecular flexibility index (Phi) is 7.08. The van der Waals surface area contributed by atoms with Crippen molar-refractivity contribution in [2.75, 3.05) is 26.1 Å². The summed E-state index contributed by atoms with van der Waals surface area (Å²) in [6.07, 6.45) is 2.09. The number of rotatable bonds is 9. The van der Waals surface area contributed by atoms with Crippen molar-refractivity contribution in [3.8, 4) is 28.5 Å². The maximum Gasteiger partial charge on any atom is 0.257 e. The zero-order valence-electron chi connectivity index (χ0n) is 16.7. The standard InChI is InChI=1S/C22H24N2O4S/c1-4-5-12-28-16-8-6-15(7-9-16)21(25)24-22-23-19(14-29-22)18-11-10-17(26-2)13-20(18)27-3/h6-11,13-14H,4-5,12H2,1-3H3,(H,23,24,25). The van der Waals surface area contributed by atoms with E-state index in [0.29, 0.717) is 28.8 Å². The van der Waals surface area contributed by atoms with Crippen LogP contribution in [-0.2, 0) is 0 Å². The Morgan fingerprint density at radius 1 is 1.07 bits per heavy atom. The molecule has 1 amide bonds. The highest BCUT2D eigenvalue weighted by molar-refractivity contribution is 7.14. The number of methoxy groups -OCH3 is 2. The summed E-state index contributed by atoms with van der Waals surface area (Å²) in [5, 5.41) is 5.24. The first-order valence-electron chi connectivity index (χ1n) is 9.36. The number of carbonyl (C=O) groups excluding carboxylic acids is 1. The SMILES string of the molecule is CCCCOc1ccc(C(=O)Nc2nc(-c3ccc(OC)cc3OC)cs2)cc1. The monoisotopic (exact) mass is 412 g/mol. The van der Waals surface area contributed by atoms with Crippen LogP contribution < -0.4 is 19.5 Å². The van der Waals surface area contributed by atoms with E-state index in [2.05, 4.69) is 17.2 Å². The van der Waals surface area contributed by atoms with Crippen molar-refractivity contribution >= 4 is 22.4 Å². The van der Waals surface area contributed by atoms with Crippen molar-refractivity contribution in [3.63, 3.8) is 0 Å². The van der Waals surface area contributed by atoms with Crippen molar-refractivity contribution in [1.82, 2.24) is 4.98 Å². The second-order valence-electron chi connectivity index (χ2n) is 6.28. The summed E-state index contributed by atoms with van der Waals surface area (Å²) >= 11 is 1.36. The number of carbonyl (C=O) groups is 1. The van der Waals surface area contributed by atoms with Crippen LogP contribution in [0.5, 0.6) is 17.2 Å². The predicted molar refractivity (Wildman–Crippen MR) is 115 cm³/mol. The summed E-state index contributed by atoms with van der Waals surface area (Å²) in [7, 11) is 3.21. The lowest BCUT2D eigenvalue weighted by atomic mass is 10.1. The number of hydrogen-bond acceptors (Lipinski definition) is 6. The molecule has 1 N–H and O–H groups in total. The number of nitrogens with one attached hydrogen (secondary N) is 1. The van der Waals surface area contributed by atoms with Gasteiger partial charge in [0.15, 0.2) is 5.13 Å². The number of benzene rings is 2. The van der Waals surface area contributed by atoms with E-state index < -0.39 is 0 Å². The molecule has 0 fully saturated rings. The van der Waals surface area contributed by atoms with Crippen molar-refractivity contribution in [2.45, 2.75) is 19.8 Å². The molecular formula is C22H24N2O4S. The summed E-state index contributed by atoms with van der Waals surface area (Å²) in [6, 6.07) is 12.6. The third kappa shape index (κ3) is 5.26. The predicted octanol–water partition coefficient (Wildman–Crippen LogP) is 5.26. The van der Waals surface area contributed by atoms with E-state index in [1.807, 2.05) is 17.5 Å². The van der Waals surface area contributed by atoms with Gasteiger partial charge < -0.3 is 14.2 Å². The Balaban J connectivity index is 1.68. The summed E-state index contributed by atoms with van der Waals surface area (Å²) in [4.78, 5) is 17.0. The smallest absolute Gasteiger partial charge is 0.257 e. The van der Waals surface area contributed by atoms with Crippen molar-refractivity contribution < 1.29 is 19.0 Å². The summed E-state index contributed by atoms with van der Waals surface area (Å²) < 4.78 is 16.3. The first-order chi connectivity index (χ1) is 14.1. The summed E-state index contributed by atoms with van der Waals surface area (Å²) in [5.41, 5.74) is 2.11. The van der Waals surface area contributed by atoms with Gasteiger partial charge in [-0.1, -0.05) is 13.3 Å². The molecular weight excluding hydrogens is 388 g/mol. The largest absolute Gasteiger partial charge is 0.497 e. The van der Waals surface area contributed by atoms with Crippen LogP contribution in [0.2, 0.25) is 0 Å². The van der Waals surface area contributed by atoms with E-state index in [0.717, 1.165) is 29.8 Å². The Bertz CT molecular complexity index is 954. The molecule has 0 spiro atoms. The Labute approximate surface area is 174 Å². The maximum atomic E-state index is 12.5. The molecule has 3 aromatic rings. The lowest BCUT2D eigenvalue weighted by Crippen LogP contribution is -2.11. The van der Waals surface area contributed by atoms with Gasteiger partial charge in [0.1, 0.15) is 17.2 Å². The molecule has 2 aromatic carbocycles. The molecule has 0 unspecified atom stereocenters. The molecule has 0 radical (unpaired) electrons. The normalized spacial score (nSPS) is 10.4. The van der Waals surface area contributed by atoms with Crippen molar-refractivity contribution in [2.24, 2.45) is 0 Å². The minimum Gasteiger partial charge on any atom is -0.497 e.